The zero-order valence-corrected chi connectivity index (χ0v) is 9.40. The van der Waals surface area contributed by atoms with Crippen LogP contribution in [0.4, 0.5) is 0 Å². The van der Waals surface area contributed by atoms with Crippen LogP contribution in [0, 0.1) is 0 Å². The van der Waals surface area contributed by atoms with Crippen molar-refractivity contribution < 1.29 is 4.79 Å². The molecule has 0 spiro atoms. The minimum Gasteiger partial charge on any atom is -0.350 e. The molecule has 3 nitrogen and oxygen atoms in total. The maximum Gasteiger partial charge on any atom is 0.220 e. The summed E-state index contributed by atoms with van der Waals surface area (Å²) in [5.74, 6) is 0.699. The maximum atomic E-state index is 11.2. The molecule has 0 aliphatic carbocycles. The van der Waals surface area contributed by atoms with E-state index in [1.54, 1.807) is 17.5 Å². The summed E-state index contributed by atoms with van der Waals surface area (Å²) < 4.78 is 0. The van der Waals surface area contributed by atoms with Gasteiger partial charge in [0.05, 0.1) is 6.54 Å². The molecule has 1 amide bonds. The number of alkyl halides is 1. The van der Waals surface area contributed by atoms with E-state index in [2.05, 4.69) is 10.3 Å². The highest BCUT2D eigenvalue weighted by Crippen LogP contribution is 2.03. The van der Waals surface area contributed by atoms with Crippen LogP contribution in [-0.4, -0.2) is 16.8 Å². The van der Waals surface area contributed by atoms with Crippen LogP contribution in [0.1, 0.15) is 24.3 Å². The number of rotatable bonds is 6. The summed E-state index contributed by atoms with van der Waals surface area (Å²) in [6.07, 6.45) is 4.04. The lowest BCUT2D eigenvalue weighted by molar-refractivity contribution is -0.121. The van der Waals surface area contributed by atoms with E-state index in [0.29, 0.717) is 18.8 Å². The summed E-state index contributed by atoms with van der Waals surface area (Å²) in [5, 5.41) is 5.65. The van der Waals surface area contributed by atoms with Crippen molar-refractivity contribution in [1.29, 1.82) is 0 Å². The van der Waals surface area contributed by atoms with Crippen molar-refractivity contribution in [2.24, 2.45) is 0 Å². The van der Waals surface area contributed by atoms with E-state index in [9.17, 15) is 4.79 Å². The van der Waals surface area contributed by atoms with E-state index in [-0.39, 0.29) is 5.91 Å². The van der Waals surface area contributed by atoms with Crippen molar-refractivity contribution in [3.05, 3.63) is 16.6 Å². The number of thiazole rings is 1. The van der Waals surface area contributed by atoms with Gasteiger partial charge in [-0.2, -0.15) is 0 Å². The van der Waals surface area contributed by atoms with Crippen LogP contribution in [0.5, 0.6) is 0 Å². The molecule has 0 saturated carbocycles. The smallest absolute Gasteiger partial charge is 0.220 e. The summed E-state index contributed by atoms with van der Waals surface area (Å²) in [6, 6.07) is 0. The Kier molecular flexibility index (Phi) is 5.56. The van der Waals surface area contributed by atoms with Gasteiger partial charge in [-0.1, -0.05) is 0 Å². The lowest BCUT2D eigenvalue weighted by atomic mass is 10.2. The van der Waals surface area contributed by atoms with E-state index < -0.39 is 0 Å². The largest absolute Gasteiger partial charge is 0.350 e. The number of hydrogen-bond donors (Lipinski definition) is 1. The van der Waals surface area contributed by atoms with Gasteiger partial charge in [0.25, 0.3) is 0 Å². The Hall–Kier alpha value is -0.610. The van der Waals surface area contributed by atoms with Crippen LogP contribution >= 0.6 is 22.9 Å². The molecule has 0 saturated heterocycles. The molecule has 0 atom stereocenters. The number of amides is 1. The fraction of sp³-hybridized carbons (Fsp3) is 0.556. The standard InChI is InChI=1S/C9H13ClN2OS/c10-4-2-1-3-8(13)12-7-9-11-5-6-14-9/h5-6H,1-4,7H2,(H,12,13). The first-order chi connectivity index (χ1) is 6.83. The number of nitrogens with zero attached hydrogens (tertiary/aromatic N) is 1. The second kappa shape index (κ2) is 6.79. The van der Waals surface area contributed by atoms with Crippen molar-refractivity contribution in [3.8, 4) is 0 Å². The molecular formula is C9H13ClN2OS. The van der Waals surface area contributed by atoms with Crippen LogP contribution in [0.25, 0.3) is 0 Å². The zero-order chi connectivity index (χ0) is 10.2. The van der Waals surface area contributed by atoms with Gasteiger partial charge in [-0.25, -0.2) is 4.98 Å². The first-order valence-corrected chi connectivity index (χ1v) is 5.95. The normalized spacial score (nSPS) is 10.1. The van der Waals surface area contributed by atoms with Gasteiger partial charge in [-0.3, -0.25) is 4.79 Å². The Morgan fingerprint density at radius 3 is 3.07 bits per heavy atom. The van der Waals surface area contributed by atoms with E-state index in [1.165, 1.54) is 0 Å². The van der Waals surface area contributed by atoms with Gasteiger partial charge in [0.15, 0.2) is 0 Å². The van der Waals surface area contributed by atoms with Gasteiger partial charge in [-0.05, 0) is 12.8 Å². The quantitative estimate of drug-likeness (QED) is 0.603. The summed E-state index contributed by atoms with van der Waals surface area (Å²) in [6.45, 7) is 0.539. The Morgan fingerprint density at radius 1 is 1.57 bits per heavy atom. The maximum absolute atomic E-state index is 11.2. The second-order valence-electron chi connectivity index (χ2n) is 2.85. The number of nitrogens with one attached hydrogen (secondary N) is 1. The molecule has 0 aliphatic rings. The highest BCUT2D eigenvalue weighted by atomic mass is 35.5. The van der Waals surface area contributed by atoms with Gasteiger partial charge in [0.2, 0.25) is 5.91 Å². The van der Waals surface area contributed by atoms with Crippen LogP contribution in [0.3, 0.4) is 0 Å². The number of aromatic nitrogens is 1. The summed E-state index contributed by atoms with van der Waals surface area (Å²) >= 11 is 7.05. The molecule has 1 heterocycles. The number of halogens is 1. The minimum atomic E-state index is 0.0744. The molecule has 1 aromatic rings. The van der Waals surface area contributed by atoms with Crippen molar-refractivity contribution >= 4 is 28.8 Å². The molecule has 0 radical (unpaired) electrons. The topological polar surface area (TPSA) is 42.0 Å². The van der Waals surface area contributed by atoms with Crippen LogP contribution in [0.15, 0.2) is 11.6 Å². The third-order valence-corrected chi connectivity index (χ3v) is 2.75. The van der Waals surface area contributed by atoms with Crippen LogP contribution in [-0.2, 0) is 11.3 Å². The van der Waals surface area contributed by atoms with Crippen molar-refractivity contribution in [1.82, 2.24) is 10.3 Å². The average molecular weight is 233 g/mol. The highest BCUT2D eigenvalue weighted by Gasteiger charge is 2.01. The lowest BCUT2D eigenvalue weighted by Gasteiger charge is -2.01. The first-order valence-electron chi connectivity index (χ1n) is 4.54. The lowest BCUT2D eigenvalue weighted by Crippen LogP contribution is -2.22. The van der Waals surface area contributed by atoms with E-state index >= 15 is 0 Å². The SMILES string of the molecule is O=C(CCCCCl)NCc1nccs1. The Morgan fingerprint density at radius 2 is 2.43 bits per heavy atom. The van der Waals surface area contributed by atoms with Gasteiger partial charge < -0.3 is 5.32 Å². The van der Waals surface area contributed by atoms with E-state index in [0.717, 1.165) is 17.8 Å². The number of unbranched alkanes of at least 4 members (excludes halogenated alkanes) is 1. The van der Waals surface area contributed by atoms with Crippen LogP contribution in [0.2, 0.25) is 0 Å². The third-order valence-electron chi connectivity index (χ3n) is 1.71. The Balaban J connectivity index is 2.09. The number of carbonyl (C=O) groups is 1. The first kappa shape index (κ1) is 11.5. The van der Waals surface area contributed by atoms with Gasteiger partial charge in [-0.15, -0.1) is 22.9 Å². The van der Waals surface area contributed by atoms with Crippen molar-refractivity contribution in [3.63, 3.8) is 0 Å². The third kappa shape index (κ3) is 4.58. The van der Waals surface area contributed by atoms with E-state index in [4.69, 9.17) is 11.6 Å². The van der Waals surface area contributed by atoms with Crippen LogP contribution < -0.4 is 5.32 Å². The molecule has 0 aromatic carbocycles. The molecule has 0 unspecified atom stereocenters. The zero-order valence-electron chi connectivity index (χ0n) is 7.83. The molecule has 0 bridgehead atoms. The summed E-state index contributed by atoms with van der Waals surface area (Å²) in [7, 11) is 0. The summed E-state index contributed by atoms with van der Waals surface area (Å²) in [5.41, 5.74) is 0. The Bertz CT molecular complexity index is 264. The average Bonchev–Trinajstić information content (AvgIpc) is 2.68. The Labute approximate surface area is 92.5 Å². The predicted octanol–water partition coefficient (Wildman–Crippen LogP) is 2.17. The monoisotopic (exact) mass is 232 g/mol. The van der Waals surface area contributed by atoms with Crippen molar-refractivity contribution in [2.75, 3.05) is 5.88 Å². The number of hydrogen-bond acceptors (Lipinski definition) is 3. The van der Waals surface area contributed by atoms with Crippen molar-refractivity contribution in [2.45, 2.75) is 25.8 Å². The molecule has 0 fully saturated rings. The molecule has 14 heavy (non-hydrogen) atoms. The molecule has 1 rings (SSSR count). The van der Waals surface area contributed by atoms with Gasteiger partial charge in [0, 0.05) is 23.9 Å². The fourth-order valence-electron chi connectivity index (χ4n) is 0.983. The summed E-state index contributed by atoms with van der Waals surface area (Å²) in [4.78, 5) is 15.3. The molecule has 5 heteroatoms. The fourth-order valence-corrected chi connectivity index (χ4v) is 1.73. The molecule has 0 aliphatic heterocycles. The second-order valence-corrected chi connectivity index (χ2v) is 4.21. The van der Waals surface area contributed by atoms with Gasteiger partial charge in [0.1, 0.15) is 5.01 Å². The van der Waals surface area contributed by atoms with Gasteiger partial charge >= 0.3 is 0 Å². The minimum absolute atomic E-state index is 0.0744. The highest BCUT2D eigenvalue weighted by molar-refractivity contribution is 7.09. The molecule has 78 valence electrons. The number of carbonyl (C=O) groups excluding carboxylic acids is 1. The predicted molar refractivity (Wildman–Crippen MR) is 58.5 cm³/mol. The van der Waals surface area contributed by atoms with E-state index in [1.807, 2.05) is 5.38 Å². The molecule has 1 aromatic heterocycles. The molecular weight excluding hydrogens is 220 g/mol. The molecule has 1 N–H and O–H groups in total.